The molecule has 0 spiro atoms. The summed E-state index contributed by atoms with van der Waals surface area (Å²) in [5.41, 5.74) is 1.14. The fraction of sp³-hybridized carbons (Fsp3) is 0.222. The number of anilines is 1. The van der Waals surface area contributed by atoms with Gasteiger partial charge in [-0.05, 0) is 17.7 Å². The molecule has 0 aliphatic carbocycles. The van der Waals surface area contributed by atoms with Crippen molar-refractivity contribution < 1.29 is 14.4 Å². The minimum absolute atomic E-state index is 0.125. The van der Waals surface area contributed by atoms with Gasteiger partial charge in [-0.15, -0.1) is 0 Å². The summed E-state index contributed by atoms with van der Waals surface area (Å²) in [6.45, 7) is 1.01. The van der Waals surface area contributed by atoms with E-state index in [2.05, 4.69) is 10.3 Å². The first-order valence-corrected chi connectivity index (χ1v) is 8.93. The Labute approximate surface area is 162 Å². The number of ether oxygens (including phenoxy) is 2. The molecule has 0 saturated heterocycles. The van der Waals surface area contributed by atoms with E-state index in [1.165, 1.54) is 10.6 Å². The third kappa shape index (κ3) is 2.55. The predicted octanol–water partition coefficient (Wildman–Crippen LogP) is 2.70. The summed E-state index contributed by atoms with van der Waals surface area (Å²) in [6.07, 6.45) is 0.135. The van der Waals surface area contributed by atoms with Gasteiger partial charge in [0.1, 0.15) is 5.15 Å². The van der Waals surface area contributed by atoms with E-state index in [0.29, 0.717) is 41.2 Å². The van der Waals surface area contributed by atoms with Crippen LogP contribution in [0.4, 0.5) is 11.5 Å². The van der Waals surface area contributed by atoms with E-state index in [1.807, 2.05) is 6.07 Å². The molecule has 142 valence electrons. The quantitative estimate of drug-likeness (QED) is 0.409. The van der Waals surface area contributed by atoms with Crippen molar-refractivity contribution in [3.05, 3.63) is 61.0 Å². The van der Waals surface area contributed by atoms with Crippen molar-refractivity contribution in [3.8, 4) is 11.5 Å². The first kappa shape index (κ1) is 16.8. The van der Waals surface area contributed by atoms with Gasteiger partial charge in [-0.1, -0.05) is 11.6 Å². The van der Waals surface area contributed by atoms with Crippen LogP contribution in [-0.2, 0) is 13.0 Å². The minimum atomic E-state index is -0.492. The fourth-order valence-corrected chi connectivity index (χ4v) is 3.79. The molecule has 0 atom stereocenters. The van der Waals surface area contributed by atoms with E-state index in [-0.39, 0.29) is 35.4 Å². The number of hydrogen-bond acceptors (Lipinski definition) is 7. The average Bonchev–Trinajstić information content (AvgIpc) is 3.31. The number of halogens is 1. The van der Waals surface area contributed by atoms with E-state index in [0.717, 1.165) is 5.39 Å². The Bertz CT molecular complexity index is 1220. The topological polar surface area (TPSA) is 109 Å². The zero-order chi connectivity index (χ0) is 19.4. The van der Waals surface area contributed by atoms with Gasteiger partial charge in [0.25, 0.3) is 5.56 Å². The highest BCUT2D eigenvalue weighted by molar-refractivity contribution is 6.30. The Morgan fingerprint density at radius 3 is 2.79 bits per heavy atom. The van der Waals surface area contributed by atoms with Crippen molar-refractivity contribution in [2.75, 3.05) is 18.7 Å². The largest absolute Gasteiger partial charge is 0.454 e. The van der Waals surface area contributed by atoms with Crippen LogP contribution in [0.1, 0.15) is 11.1 Å². The fourth-order valence-electron chi connectivity index (χ4n) is 3.57. The van der Waals surface area contributed by atoms with Gasteiger partial charge in [0.15, 0.2) is 17.3 Å². The number of hydrogen-bond donors (Lipinski definition) is 1. The third-order valence-electron chi connectivity index (χ3n) is 4.88. The Balaban J connectivity index is 1.61. The molecule has 0 bridgehead atoms. The van der Waals surface area contributed by atoms with Crippen molar-refractivity contribution in [1.29, 1.82) is 0 Å². The molecule has 0 amide bonds. The van der Waals surface area contributed by atoms with Crippen LogP contribution in [0.25, 0.3) is 10.9 Å². The molecular weight excluding hydrogens is 388 g/mol. The lowest BCUT2D eigenvalue weighted by atomic mass is 10.0. The van der Waals surface area contributed by atoms with E-state index >= 15 is 0 Å². The zero-order valence-corrected chi connectivity index (χ0v) is 15.2. The maximum Gasteiger partial charge on any atom is 0.310 e. The highest BCUT2D eigenvalue weighted by Gasteiger charge is 2.26. The molecule has 5 rings (SSSR count). The molecule has 0 unspecified atom stereocenters. The summed E-state index contributed by atoms with van der Waals surface area (Å²) in [4.78, 5) is 28.1. The predicted molar refractivity (Wildman–Crippen MR) is 102 cm³/mol. The SMILES string of the molecule is O=c1c(Cc2cc3cc4c(cc3nc2Cl)OCO4)cc([N+](=O)[O-])c2n1CCN2. The molecule has 0 saturated carbocycles. The van der Waals surface area contributed by atoms with Gasteiger partial charge < -0.3 is 14.8 Å². The van der Waals surface area contributed by atoms with Gasteiger partial charge in [-0.3, -0.25) is 19.5 Å². The van der Waals surface area contributed by atoms with Gasteiger partial charge >= 0.3 is 5.69 Å². The number of aromatic nitrogens is 2. The maximum absolute atomic E-state index is 12.8. The van der Waals surface area contributed by atoms with Gasteiger partial charge in [-0.2, -0.15) is 0 Å². The second kappa shape index (κ2) is 6.10. The third-order valence-corrected chi connectivity index (χ3v) is 5.21. The van der Waals surface area contributed by atoms with Crippen LogP contribution in [0.2, 0.25) is 5.15 Å². The lowest BCUT2D eigenvalue weighted by Gasteiger charge is -2.10. The summed E-state index contributed by atoms with van der Waals surface area (Å²) in [5, 5.41) is 15.3. The summed E-state index contributed by atoms with van der Waals surface area (Å²) in [6, 6.07) is 6.67. The molecule has 4 heterocycles. The van der Waals surface area contributed by atoms with Gasteiger partial charge in [0.05, 0.1) is 10.4 Å². The second-order valence-electron chi connectivity index (χ2n) is 6.56. The molecule has 1 aromatic carbocycles. The minimum Gasteiger partial charge on any atom is -0.454 e. The lowest BCUT2D eigenvalue weighted by Crippen LogP contribution is -2.23. The molecule has 28 heavy (non-hydrogen) atoms. The average molecular weight is 401 g/mol. The summed E-state index contributed by atoms with van der Waals surface area (Å²) >= 11 is 6.34. The van der Waals surface area contributed by atoms with Crippen molar-refractivity contribution in [2.45, 2.75) is 13.0 Å². The number of fused-ring (bicyclic) bond motifs is 3. The number of nitro groups is 1. The Hall–Kier alpha value is -3.33. The van der Waals surface area contributed by atoms with Gasteiger partial charge in [0.2, 0.25) is 6.79 Å². The highest BCUT2D eigenvalue weighted by Crippen LogP contribution is 2.37. The van der Waals surface area contributed by atoms with Crippen LogP contribution >= 0.6 is 11.6 Å². The Morgan fingerprint density at radius 1 is 1.21 bits per heavy atom. The molecule has 3 aromatic rings. The van der Waals surface area contributed by atoms with Crippen LogP contribution in [-0.4, -0.2) is 27.8 Å². The summed E-state index contributed by atoms with van der Waals surface area (Å²) < 4.78 is 12.1. The normalized spacial score (nSPS) is 14.2. The van der Waals surface area contributed by atoms with E-state index < -0.39 is 4.92 Å². The van der Waals surface area contributed by atoms with Crippen LogP contribution in [0.15, 0.2) is 29.1 Å². The molecule has 0 fully saturated rings. The van der Waals surface area contributed by atoms with Gasteiger partial charge in [0, 0.05) is 42.6 Å². The number of rotatable bonds is 3. The van der Waals surface area contributed by atoms with Crippen LogP contribution < -0.4 is 20.3 Å². The first-order valence-electron chi connectivity index (χ1n) is 8.55. The van der Waals surface area contributed by atoms with Crippen LogP contribution in [0.3, 0.4) is 0 Å². The maximum atomic E-state index is 12.8. The molecule has 2 aliphatic rings. The standard InChI is InChI=1S/C18H13ClN4O5/c19-16-10(3-9-6-14-15(28-8-27-14)7-12(9)21-16)4-11-5-13(23(25)26)17-20-1-2-22(17)18(11)24/h3,5-7,20H,1-2,4,8H2. The van der Waals surface area contributed by atoms with Crippen molar-refractivity contribution in [3.63, 3.8) is 0 Å². The van der Waals surface area contributed by atoms with Crippen LogP contribution in [0.5, 0.6) is 11.5 Å². The molecular formula is C18H13ClN4O5. The summed E-state index contributed by atoms with van der Waals surface area (Å²) in [7, 11) is 0. The summed E-state index contributed by atoms with van der Waals surface area (Å²) in [5.74, 6) is 1.46. The molecule has 9 nitrogen and oxygen atoms in total. The van der Waals surface area contributed by atoms with Crippen molar-refractivity contribution in [2.24, 2.45) is 0 Å². The smallest absolute Gasteiger partial charge is 0.310 e. The van der Waals surface area contributed by atoms with Crippen molar-refractivity contribution in [1.82, 2.24) is 9.55 Å². The van der Waals surface area contributed by atoms with Gasteiger partial charge in [-0.25, -0.2) is 4.98 Å². The molecule has 2 aromatic heterocycles. The Kier molecular flexibility index (Phi) is 3.66. The van der Waals surface area contributed by atoms with Crippen LogP contribution in [0, 0.1) is 10.1 Å². The number of nitrogens with one attached hydrogen (secondary N) is 1. The zero-order valence-electron chi connectivity index (χ0n) is 14.4. The van der Waals surface area contributed by atoms with Crippen molar-refractivity contribution >= 4 is 34.0 Å². The highest BCUT2D eigenvalue weighted by atomic mass is 35.5. The number of pyridine rings is 2. The molecule has 0 radical (unpaired) electrons. The molecule has 10 heteroatoms. The van der Waals surface area contributed by atoms with E-state index in [1.54, 1.807) is 12.1 Å². The van der Waals surface area contributed by atoms with E-state index in [9.17, 15) is 14.9 Å². The second-order valence-corrected chi connectivity index (χ2v) is 6.92. The van der Waals surface area contributed by atoms with E-state index in [4.69, 9.17) is 21.1 Å². The first-order chi connectivity index (χ1) is 13.5. The number of nitrogens with zero attached hydrogens (tertiary/aromatic N) is 3. The molecule has 1 N–H and O–H groups in total. The monoisotopic (exact) mass is 400 g/mol. The Morgan fingerprint density at radius 2 is 2.00 bits per heavy atom. The molecule has 2 aliphatic heterocycles. The number of benzene rings is 1. The lowest BCUT2D eigenvalue weighted by molar-refractivity contribution is -0.384.